The normalized spacial score (nSPS) is 14.1. The first-order valence-corrected chi connectivity index (χ1v) is 13.3. The van der Waals surface area contributed by atoms with Crippen LogP contribution in [0.25, 0.3) is 11.3 Å². The predicted octanol–water partition coefficient (Wildman–Crippen LogP) is 6.02. The van der Waals surface area contributed by atoms with Gasteiger partial charge in [0.2, 0.25) is 0 Å². The Kier molecular flexibility index (Phi) is 6.31. The molecule has 1 aliphatic heterocycles. The second-order valence-corrected chi connectivity index (χ2v) is 10.8. The quantitative estimate of drug-likeness (QED) is 0.189. The number of carbonyl (C=O) groups excluding carboxylic acids is 1. The minimum atomic E-state index is -3.86. The molecule has 0 spiro atoms. The molecule has 1 aliphatic rings. The lowest BCUT2D eigenvalue weighted by molar-refractivity contribution is -0.110. The van der Waals surface area contributed by atoms with Crippen LogP contribution in [0.1, 0.15) is 11.1 Å². The van der Waals surface area contributed by atoms with Gasteiger partial charge >= 0.3 is 0 Å². The molecule has 1 heterocycles. The van der Waals surface area contributed by atoms with Crippen LogP contribution in [0.15, 0.2) is 108 Å². The van der Waals surface area contributed by atoms with Crippen LogP contribution in [0, 0.1) is 3.57 Å². The maximum Gasteiger partial charge on any atom is 0.261 e. The minimum absolute atomic E-state index is 0.0655. The predicted molar refractivity (Wildman–Crippen MR) is 148 cm³/mol. The smallest absolute Gasteiger partial charge is 0.261 e. The summed E-state index contributed by atoms with van der Waals surface area (Å²) in [6.07, 6.45) is 0. The van der Waals surface area contributed by atoms with E-state index in [0.29, 0.717) is 28.2 Å². The van der Waals surface area contributed by atoms with Gasteiger partial charge in [0.25, 0.3) is 15.9 Å². The summed E-state index contributed by atoms with van der Waals surface area (Å²) >= 11 is 2.24. The Balaban J connectivity index is 1.63. The van der Waals surface area contributed by atoms with Gasteiger partial charge in [-0.25, -0.2) is 8.42 Å². The maximum absolute atomic E-state index is 13.2. The average Bonchev–Trinajstić information content (AvgIpc) is 3.19. The highest BCUT2D eigenvalue weighted by Crippen LogP contribution is 2.39. The molecular formula is C27H20IN3O3S. The van der Waals surface area contributed by atoms with Gasteiger partial charge in [0.05, 0.1) is 16.2 Å². The largest absolute Gasteiger partial charge is 0.354 e. The number of carbonyl (C=O) groups is 1. The van der Waals surface area contributed by atoms with E-state index in [9.17, 15) is 13.2 Å². The van der Waals surface area contributed by atoms with Crippen molar-refractivity contribution in [1.29, 1.82) is 0 Å². The molecular weight excluding hydrogens is 573 g/mol. The van der Waals surface area contributed by atoms with Gasteiger partial charge in [-0.1, -0.05) is 48.5 Å². The van der Waals surface area contributed by atoms with Gasteiger partial charge in [-0.2, -0.15) is 0 Å². The van der Waals surface area contributed by atoms with Crippen LogP contribution in [0.5, 0.6) is 0 Å². The van der Waals surface area contributed by atoms with E-state index in [2.05, 4.69) is 37.9 Å². The highest BCUT2D eigenvalue weighted by Gasteiger charge is 2.30. The van der Waals surface area contributed by atoms with Gasteiger partial charge in [-0.3, -0.25) is 9.52 Å². The average molecular weight is 593 g/mol. The van der Waals surface area contributed by atoms with Crippen LogP contribution < -0.4 is 15.4 Å². The van der Waals surface area contributed by atoms with Gasteiger partial charge in [0, 0.05) is 26.2 Å². The molecule has 4 aromatic carbocycles. The van der Waals surface area contributed by atoms with Gasteiger partial charge in [-0.05, 0) is 82.8 Å². The highest BCUT2D eigenvalue weighted by atomic mass is 127. The first kappa shape index (κ1) is 23.1. The van der Waals surface area contributed by atoms with E-state index >= 15 is 0 Å². The molecule has 8 heteroatoms. The topological polar surface area (TPSA) is 87.3 Å². The summed E-state index contributed by atoms with van der Waals surface area (Å²) in [4.78, 5) is 13.2. The minimum Gasteiger partial charge on any atom is -0.354 e. The summed E-state index contributed by atoms with van der Waals surface area (Å²) in [5.74, 6) is -0.303. The Bertz CT molecular complexity index is 1540. The van der Waals surface area contributed by atoms with E-state index in [1.807, 2.05) is 60.7 Å². The molecule has 0 radical (unpaired) electrons. The Morgan fingerprint density at radius 1 is 0.771 bits per heavy atom. The fraction of sp³-hybridized carbons (Fsp3) is 0. The third-order valence-electron chi connectivity index (χ3n) is 5.50. The standard InChI is InChI=1S/C27H20IN3O3S/c28-19-11-13-20(14-12-19)29-26(18-7-3-1-4-8-18)25-23-17-22(15-16-24(23)30-27(25)32)35(33,34)31-21-9-5-2-6-10-21/h1-17,29,31H,(H,30,32)/b26-25-. The second kappa shape index (κ2) is 9.55. The van der Waals surface area contributed by atoms with Crippen molar-refractivity contribution in [2.24, 2.45) is 0 Å². The summed E-state index contributed by atoms with van der Waals surface area (Å²) in [6, 6.07) is 30.6. The van der Waals surface area contributed by atoms with Crippen molar-refractivity contribution < 1.29 is 13.2 Å². The van der Waals surface area contributed by atoms with E-state index in [1.54, 1.807) is 30.3 Å². The zero-order valence-electron chi connectivity index (χ0n) is 18.3. The molecule has 0 saturated heterocycles. The van der Waals surface area contributed by atoms with Crippen molar-refractivity contribution in [3.8, 4) is 0 Å². The lowest BCUT2D eigenvalue weighted by Crippen LogP contribution is -2.13. The Morgan fingerprint density at radius 2 is 1.43 bits per heavy atom. The third kappa shape index (κ3) is 4.94. The number of halogens is 1. The zero-order chi connectivity index (χ0) is 24.4. The van der Waals surface area contributed by atoms with Crippen LogP contribution in [-0.4, -0.2) is 14.3 Å². The Morgan fingerprint density at radius 3 is 2.11 bits per heavy atom. The number of sulfonamides is 1. The summed E-state index contributed by atoms with van der Waals surface area (Å²) < 4.78 is 29.9. The number of amides is 1. The van der Waals surface area contributed by atoms with E-state index < -0.39 is 10.0 Å². The zero-order valence-corrected chi connectivity index (χ0v) is 21.3. The van der Waals surface area contributed by atoms with Crippen LogP contribution in [0.4, 0.5) is 17.1 Å². The lowest BCUT2D eigenvalue weighted by Gasteiger charge is -2.15. The molecule has 0 aromatic heterocycles. The molecule has 0 bridgehead atoms. The van der Waals surface area contributed by atoms with Crippen molar-refractivity contribution >= 4 is 66.9 Å². The summed E-state index contributed by atoms with van der Waals surface area (Å²) in [7, 11) is -3.86. The molecule has 1 amide bonds. The number of rotatable bonds is 6. The number of hydrogen-bond donors (Lipinski definition) is 3. The van der Waals surface area contributed by atoms with Gasteiger partial charge in [-0.15, -0.1) is 0 Å². The van der Waals surface area contributed by atoms with Crippen LogP contribution in [-0.2, 0) is 14.8 Å². The fourth-order valence-corrected chi connectivity index (χ4v) is 5.29. The number of anilines is 3. The summed E-state index contributed by atoms with van der Waals surface area (Å²) in [5, 5.41) is 6.25. The first-order chi connectivity index (χ1) is 16.9. The summed E-state index contributed by atoms with van der Waals surface area (Å²) in [6.45, 7) is 0. The van der Waals surface area contributed by atoms with E-state index in [1.165, 1.54) is 12.1 Å². The first-order valence-electron chi connectivity index (χ1n) is 10.8. The second-order valence-electron chi connectivity index (χ2n) is 7.88. The van der Waals surface area contributed by atoms with E-state index in [-0.39, 0.29) is 10.8 Å². The van der Waals surface area contributed by atoms with E-state index in [4.69, 9.17) is 0 Å². The van der Waals surface area contributed by atoms with Crippen molar-refractivity contribution in [3.05, 3.63) is 118 Å². The molecule has 174 valence electrons. The molecule has 4 aromatic rings. The molecule has 0 atom stereocenters. The number of fused-ring (bicyclic) bond motifs is 1. The molecule has 0 saturated carbocycles. The number of para-hydroxylation sites is 1. The van der Waals surface area contributed by atoms with E-state index in [0.717, 1.165) is 14.8 Å². The Hall–Kier alpha value is -3.63. The molecule has 5 rings (SSSR count). The molecule has 0 unspecified atom stereocenters. The lowest BCUT2D eigenvalue weighted by atomic mass is 10.00. The molecule has 0 fully saturated rings. The maximum atomic E-state index is 13.2. The number of nitrogens with one attached hydrogen (secondary N) is 3. The number of hydrogen-bond acceptors (Lipinski definition) is 4. The Labute approximate surface area is 217 Å². The van der Waals surface area contributed by atoms with Crippen LogP contribution in [0.2, 0.25) is 0 Å². The monoisotopic (exact) mass is 593 g/mol. The van der Waals surface area contributed by atoms with Gasteiger partial charge < -0.3 is 10.6 Å². The molecule has 35 heavy (non-hydrogen) atoms. The van der Waals surface area contributed by atoms with Crippen molar-refractivity contribution in [3.63, 3.8) is 0 Å². The third-order valence-corrected chi connectivity index (χ3v) is 7.60. The fourth-order valence-electron chi connectivity index (χ4n) is 3.84. The molecule has 6 nitrogen and oxygen atoms in total. The van der Waals surface area contributed by atoms with Crippen molar-refractivity contribution in [2.75, 3.05) is 15.4 Å². The summed E-state index contributed by atoms with van der Waals surface area (Å²) in [5.41, 5.74) is 4.12. The highest BCUT2D eigenvalue weighted by molar-refractivity contribution is 14.1. The molecule has 3 N–H and O–H groups in total. The number of benzene rings is 4. The van der Waals surface area contributed by atoms with Gasteiger partial charge in [0.15, 0.2) is 0 Å². The SMILES string of the molecule is O=C1Nc2ccc(S(=O)(=O)Nc3ccccc3)cc2/C1=C(/Nc1ccc(I)cc1)c1ccccc1. The van der Waals surface area contributed by atoms with Crippen molar-refractivity contribution in [2.45, 2.75) is 4.90 Å². The van der Waals surface area contributed by atoms with Crippen LogP contribution in [0.3, 0.4) is 0 Å². The van der Waals surface area contributed by atoms with Crippen molar-refractivity contribution in [1.82, 2.24) is 0 Å². The molecule has 0 aliphatic carbocycles. The van der Waals surface area contributed by atoms with Gasteiger partial charge in [0.1, 0.15) is 0 Å². The van der Waals surface area contributed by atoms with Crippen LogP contribution >= 0.6 is 22.6 Å².